The number of aliphatic carboxylic acids is 1. The molecule has 1 aromatic heterocycles. The minimum Gasteiger partial charge on any atom is -0.480 e. The number of aromatic nitrogens is 1. The van der Waals surface area contributed by atoms with Crippen molar-refractivity contribution in [1.82, 2.24) is 4.98 Å². The quantitative estimate of drug-likeness (QED) is 0.660. The van der Waals surface area contributed by atoms with Gasteiger partial charge in [-0.15, -0.1) is 0 Å². The van der Waals surface area contributed by atoms with E-state index in [2.05, 4.69) is 4.98 Å². The summed E-state index contributed by atoms with van der Waals surface area (Å²) < 4.78 is 12.7. The molecule has 0 fully saturated rings. The van der Waals surface area contributed by atoms with E-state index in [0.29, 0.717) is 5.56 Å². The van der Waals surface area contributed by atoms with Crippen molar-refractivity contribution in [2.75, 3.05) is 0 Å². The van der Waals surface area contributed by atoms with Gasteiger partial charge in [0.25, 0.3) is 0 Å². The number of aryl methyl sites for hydroxylation is 1. The van der Waals surface area contributed by atoms with E-state index in [1.165, 1.54) is 13.0 Å². The number of pyridine rings is 1. The largest absolute Gasteiger partial charge is 0.480 e. The van der Waals surface area contributed by atoms with E-state index in [0.717, 1.165) is 6.20 Å². The predicted octanol–water partition coefficient (Wildman–Crippen LogP) is 0.614. The predicted molar refractivity (Wildman–Crippen MR) is 43.5 cm³/mol. The highest BCUT2D eigenvalue weighted by Gasteiger charge is 2.15. The van der Waals surface area contributed by atoms with E-state index < -0.39 is 18.0 Å². The van der Waals surface area contributed by atoms with E-state index in [4.69, 9.17) is 10.8 Å². The van der Waals surface area contributed by atoms with Gasteiger partial charge >= 0.3 is 5.97 Å². The van der Waals surface area contributed by atoms with Gasteiger partial charge in [-0.25, -0.2) is 4.98 Å². The maximum Gasteiger partial charge on any atom is 0.325 e. The highest BCUT2D eigenvalue weighted by atomic mass is 19.1. The number of nitrogens with two attached hydrogens (primary N) is 1. The average Bonchev–Trinajstić information content (AvgIpc) is 2.08. The van der Waals surface area contributed by atoms with Crippen LogP contribution < -0.4 is 5.73 Å². The van der Waals surface area contributed by atoms with Gasteiger partial charge in [-0.1, -0.05) is 0 Å². The first-order chi connectivity index (χ1) is 6.02. The fourth-order valence-electron chi connectivity index (χ4n) is 0.893. The number of nitrogens with zero attached hydrogens (tertiary/aromatic N) is 1. The smallest absolute Gasteiger partial charge is 0.325 e. The molecule has 0 saturated heterocycles. The maximum atomic E-state index is 12.7. The molecule has 0 radical (unpaired) electrons. The van der Waals surface area contributed by atoms with Crippen LogP contribution in [-0.4, -0.2) is 16.1 Å². The van der Waals surface area contributed by atoms with Gasteiger partial charge in [0, 0.05) is 11.8 Å². The molecule has 0 aliphatic carbocycles. The van der Waals surface area contributed by atoms with Crippen molar-refractivity contribution in [2.45, 2.75) is 13.0 Å². The summed E-state index contributed by atoms with van der Waals surface area (Å²) in [6, 6.07) is 0.230. The SMILES string of the molecule is Cc1cc([C@H](N)C(=O)O)cnc1F. The van der Waals surface area contributed by atoms with Crippen LogP contribution in [0.25, 0.3) is 0 Å². The Morgan fingerprint density at radius 3 is 2.85 bits per heavy atom. The van der Waals surface area contributed by atoms with Crippen molar-refractivity contribution in [3.05, 3.63) is 29.3 Å². The Bertz CT molecular complexity index is 341. The van der Waals surface area contributed by atoms with Gasteiger partial charge in [0.05, 0.1) is 0 Å². The Labute approximate surface area is 74.2 Å². The second-order valence-corrected chi connectivity index (χ2v) is 2.69. The number of rotatable bonds is 2. The topological polar surface area (TPSA) is 76.2 Å². The van der Waals surface area contributed by atoms with Crippen molar-refractivity contribution < 1.29 is 14.3 Å². The van der Waals surface area contributed by atoms with Crippen molar-refractivity contribution in [3.63, 3.8) is 0 Å². The van der Waals surface area contributed by atoms with E-state index in [9.17, 15) is 9.18 Å². The van der Waals surface area contributed by atoms with Crippen LogP contribution in [0.2, 0.25) is 0 Å². The average molecular weight is 184 g/mol. The molecule has 1 rings (SSSR count). The normalized spacial score (nSPS) is 12.5. The van der Waals surface area contributed by atoms with Crippen LogP contribution >= 0.6 is 0 Å². The second-order valence-electron chi connectivity index (χ2n) is 2.69. The fourth-order valence-corrected chi connectivity index (χ4v) is 0.893. The Kier molecular flexibility index (Phi) is 2.57. The zero-order chi connectivity index (χ0) is 10.0. The first-order valence-corrected chi connectivity index (χ1v) is 3.63. The van der Waals surface area contributed by atoms with E-state index in [1.807, 2.05) is 0 Å². The monoisotopic (exact) mass is 184 g/mol. The minimum absolute atomic E-state index is 0.286. The van der Waals surface area contributed by atoms with Crippen LogP contribution in [0, 0.1) is 12.9 Å². The molecule has 70 valence electrons. The molecule has 1 atom stereocenters. The number of halogens is 1. The maximum absolute atomic E-state index is 12.7. The molecule has 0 spiro atoms. The molecular weight excluding hydrogens is 175 g/mol. The molecule has 0 aromatic carbocycles. The van der Waals surface area contributed by atoms with Crippen LogP contribution in [0.3, 0.4) is 0 Å². The molecule has 0 unspecified atom stereocenters. The van der Waals surface area contributed by atoms with Gasteiger partial charge in [0.15, 0.2) is 0 Å². The van der Waals surface area contributed by atoms with Gasteiger partial charge in [-0.3, -0.25) is 4.79 Å². The zero-order valence-electron chi connectivity index (χ0n) is 6.99. The first kappa shape index (κ1) is 9.60. The third-order valence-corrected chi connectivity index (χ3v) is 1.66. The van der Waals surface area contributed by atoms with Crippen LogP contribution in [-0.2, 0) is 4.79 Å². The number of hydrogen-bond donors (Lipinski definition) is 2. The summed E-state index contributed by atoms with van der Waals surface area (Å²) in [5, 5.41) is 8.55. The number of carboxylic acid groups (broad SMARTS) is 1. The Morgan fingerprint density at radius 1 is 1.77 bits per heavy atom. The van der Waals surface area contributed by atoms with E-state index in [1.54, 1.807) is 0 Å². The number of hydrogen-bond acceptors (Lipinski definition) is 3. The van der Waals surface area contributed by atoms with Gasteiger partial charge in [0.1, 0.15) is 6.04 Å². The van der Waals surface area contributed by atoms with Crippen LogP contribution in [0.5, 0.6) is 0 Å². The summed E-state index contributed by atoms with van der Waals surface area (Å²) in [6.45, 7) is 1.50. The molecule has 0 aliphatic heterocycles. The molecule has 1 heterocycles. The van der Waals surface area contributed by atoms with Crippen LogP contribution in [0.15, 0.2) is 12.3 Å². The molecule has 4 nitrogen and oxygen atoms in total. The number of carboxylic acids is 1. The lowest BCUT2D eigenvalue weighted by atomic mass is 10.1. The van der Waals surface area contributed by atoms with Gasteiger partial charge in [-0.2, -0.15) is 4.39 Å². The summed E-state index contributed by atoms with van der Waals surface area (Å²) in [7, 11) is 0. The van der Waals surface area contributed by atoms with Crippen molar-refractivity contribution in [3.8, 4) is 0 Å². The molecular formula is C8H9FN2O2. The fraction of sp³-hybridized carbons (Fsp3) is 0.250. The first-order valence-electron chi connectivity index (χ1n) is 3.63. The second kappa shape index (κ2) is 3.49. The third-order valence-electron chi connectivity index (χ3n) is 1.66. The van der Waals surface area contributed by atoms with Crippen molar-refractivity contribution in [1.29, 1.82) is 0 Å². The summed E-state index contributed by atoms with van der Waals surface area (Å²) in [4.78, 5) is 13.8. The Hall–Kier alpha value is -1.49. The number of carbonyl (C=O) groups is 1. The molecule has 0 aliphatic rings. The lowest BCUT2D eigenvalue weighted by molar-refractivity contribution is -0.138. The van der Waals surface area contributed by atoms with Gasteiger partial charge in [0.2, 0.25) is 5.95 Å². The highest BCUT2D eigenvalue weighted by Crippen LogP contribution is 2.12. The Morgan fingerprint density at radius 2 is 2.38 bits per heavy atom. The summed E-state index contributed by atoms with van der Waals surface area (Å²) in [6.07, 6.45) is 1.13. The molecule has 0 bridgehead atoms. The Balaban J connectivity index is 3.03. The minimum atomic E-state index is -1.16. The van der Waals surface area contributed by atoms with Gasteiger partial charge in [-0.05, 0) is 18.6 Å². The highest BCUT2D eigenvalue weighted by molar-refractivity contribution is 5.75. The standard InChI is InChI=1S/C8H9FN2O2/c1-4-2-5(3-11-7(4)9)6(10)8(12)13/h2-3,6H,10H2,1H3,(H,12,13)/t6-/m0/s1. The zero-order valence-corrected chi connectivity index (χ0v) is 6.99. The third kappa shape index (κ3) is 2.00. The molecule has 13 heavy (non-hydrogen) atoms. The lowest BCUT2D eigenvalue weighted by Gasteiger charge is -2.06. The molecule has 0 saturated carbocycles. The summed E-state index contributed by atoms with van der Waals surface area (Å²) in [5.74, 6) is -1.77. The van der Waals surface area contributed by atoms with E-state index in [-0.39, 0.29) is 5.56 Å². The van der Waals surface area contributed by atoms with Gasteiger partial charge < -0.3 is 10.8 Å². The summed E-state index contributed by atoms with van der Waals surface area (Å²) >= 11 is 0. The van der Waals surface area contributed by atoms with Crippen LogP contribution in [0.1, 0.15) is 17.2 Å². The molecule has 5 heteroatoms. The molecule has 0 amide bonds. The molecule has 1 aromatic rings. The van der Waals surface area contributed by atoms with Crippen molar-refractivity contribution >= 4 is 5.97 Å². The van der Waals surface area contributed by atoms with E-state index >= 15 is 0 Å². The lowest BCUT2D eigenvalue weighted by Crippen LogP contribution is -2.21. The summed E-state index contributed by atoms with van der Waals surface area (Å²) in [5.41, 5.74) is 5.88. The van der Waals surface area contributed by atoms with Crippen LogP contribution in [0.4, 0.5) is 4.39 Å². The van der Waals surface area contributed by atoms with Crippen molar-refractivity contribution in [2.24, 2.45) is 5.73 Å². The molecule has 3 N–H and O–H groups in total.